The first kappa shape index (κ1) is 18.1. The Labute approximate surface area is 165 Å². The summed E-state index contributed by atoms with van der Waals surface area (Å²) >= 11 is 6.22. The zero-order valence-corrected chi connectivity index (χ0v) is 15.9. The van der Waals surface area contributed by atoms with E-state index in [2.05, 4.69) is 25.1 Å². The van der Waals surface area contributed by atoms with Crippen molar-refractivity contribution in [2.24, 2.45) is 0 Å². The molecule has 0 atom stereocenters. The lowest BCUT2D eigenvalue weighted by molar-refractivity contribution is 0.641. The Balaban J connectivity index is 2.07. The summed E-state index contributed by atoms with van der Waals surface area (Å²) in [5.74, 6) is -0.0426. The highest BCUT2D eigenvalue weighted by Crippen LogP contribution is 2.36. The van der Waals surface area contributed by atoms with Gasteiger partial charge in [-0.25, -0.2) is 14.4 Å². The van der Waals surface area contributed by atoms with E-state index in [0.717, 1.165) is 27.6 Å². The third-order valence-corrected chi connectivity index (χ3v) is 4.67. The van der Waals surface area contributed by atoms with Crippen molar-refractivity contribution in [3.05, 3.63) is 59.4 Å². The van der Waals surface area contributed by atoms with Crippen LogP contribution >= 0.6 is 11.6 Å². The topological polar surface area (TPSA) is 93.4 Å². The summed E-state index contributed by atoms with van der Waals surface area (Å²) in [7, 11) is 0. The Kier molecular flexibility index (Phi) is 4.52. The summed E-state index contributed by atoms with van der Waals surface area (Å²) in [4.78, 5) is 13.4. The van der Waals surface area contributed by atoms with Gasteiger partial charge in [-0.2, -0.15) is 5.10 Å². The molecule has 3 N–H and O–H groups in total. The van der Waals surface area contributed by atoms with E-state index in [1.807, 2.05) is 25.1 Å². The minimum atomic E-state index is -0.305. The van der Waals surface area contributed by atoms with Crippen molar-refractivity contribution in [1.82, 2.24) is 25.1 Å². The molecule has 6 nitrogen and oxygen atoms in total. The van der Waals surface area contributed by atoms with Crippen molar-refractivity contribution in [2.75, 3.05) is 5.73 Å². The fraction of sp³-hybridized carbons (Fsp3) is 0.100. The molecule has 8 heteroatoms. The van der Waals surface area contributed by atoms with Crippen LogP contribution in [0.1, 0.15) is 19.5 Å². The van der Waals surface area contributed by atoms with Crippen LogP contribution in [0.3, 0.4) is 0 Å². The molecule has 0 aliphatic rings. The van der Waals surface area contributed by atoms with E-state index in [4.69, 9.17) is 17.3 Å². The highest BCUT2D eigenvalue weighted by atomic mass is 35.5. The standard InChI is InChI=1S/C20H16ClFN6/c1-10(3-4-11(2)22)16-15(17-18(20(23)26-16)25-8-7-24-17)12-5-6-14-13(9-12)19(21)28-27-14/h3-9H,1-2H3,(H2,23,26)(H,27,28)/b10-3+,11-4+. The molecule has 0 amide bonds. The van der Waals surface area contributed by atoms with Crippen LogP contribution in [0.25, 0.3) is 38.6 Å². The molecular formula is C20H16ClFN6. The van der Waals surface area contributed by atoms with Gasteiger partial charge in [-0.15, -0.1) is 0 Å². The molecule has 28 heavy (non-hydrogen) atoms. The Morgan fingerprint density at radius 2 is 1.89 bits per heavy atom. The predicted molar refractivity (Wildman–Crippen MR) is 110 cm³/mol. The van der Waals surface area contributed by atoms with Gasteiger partial charge < -0.3 is 5.73 Å². The predicted octanol–water partition coefficient (Wildman–Crippen LogP) is 5.08. The number of anilines is 1. The monoisotopic (exact) mass is 394 g/mol. The fourth-order valence-electron chi connectivity index (χ4n) is 3.06. The van der Waals surface area contributed by atoms with Crippen molar-refractivity contribution < 1.29 is 4.39 Å². The Bertz CT molecular complexity index is 1270. The number of aromatic nitrogens is 5. The molecule has 4 aromatic rings. The van der Waals surface area contributed by atoms with Crippen LogP contribution in [-0.2, 0) is 0 Å². The van der Waals surface area contributed by atoms with Crippen molar-refractivity contribution in [3.8, 4) is 11.1 Å². The molecule has 0 bridgehead atoms. The molecule has 0 aliphatic heterocycles. The fourth-order valence-corrected chi connectivity index (χ4v) is 3.26. The average molecular weight is 395 g/mol. The number of allylic oxidation sites excluding steroid dienone is 4. The zero-order valence-electron chi connectivity index (χ0n) is 15.2. The number of nitrogens with one attached hydrogen (secondary N) is 1. The smallest absolute Gasteiger partial charge is 0.152 e. The summed E-state index contributed by atoms with van der Waals surface area (Å²) in [5, 5.41) is 8.14. The lowest BCUT2D eigenvalue weighted by atomic mass is 9.97. The third kappa shape index (κ3) is 3.10. The second-order valence-electron chi connectivity index (χ2n) is 6.35. The number of nitrogens with zero attached hydrogens (tertiary/aromatic N) is 4. The number of pyridine rings is 1. The van der Waals surface area contributed by atoms with Gasteiger partial charge in [0.15, 0.2) is 5.82 Å². The maximum atomic E-state index is 13.2. The molecule has 0 saturated heterocycles. The maximum absolute atomic E-state index is 13.2. The SMILES string of the molecule is C/C(F)=C\C=C(/C)c1nc(N)c2nccnc2c1-c1ccc2n[nH]c(Cl)c2c1. The summed E-state index contributed by atoms with van der Waals surface area (Å²) in [5.41, 5.74) is 10.9. The Hall–Kier alpha value is -3.32. The highest BCUT2D eigenvalue weighted by Gasteiger charge is 2.18. The van der Waals surface area contributed by atoms with Gasteiger partial charge in [-0.05, 0) is 43.2 Å². The summed E-state index contributed by atoms with van der Waals surface area (Å²) in [6, 6.07) is 5.68. The molecule has 0 radical (unpaired) electrons. The van der Waals surface area contributed by atoms with Crippen molar-refractivity contribution in [1.29, 1.82) is 0 Å². The molecule has 4 rings (SSSR count). The molecular weight excluding hydrogens is 379 g/mol. The number of rotatable bonds is 3. The molecule has 3 heterocycles. The largest absolute Gasteiger partial charge is 0.382 e. The van der Waals surface area contributed by atoms with E-state index in [-0.39, 0.29) is 11.6 Å². The van der Waals surface area contributed by atoms with Crippen LogP contribution < -0.4 is 5.73 Å². The maximum Gasteiger partial charge on any atom is 0.152 e. The van der Waals surface area contributed by atoms with Gasteiger partial charge in [-0.3, -0.25) is 10.1 Å². The number of fused-ring (bicyclic) bond motifs is 2. The third-order valence-electron chi connectivity index (χ3n) is 4.38. The highest BCUT2D eigenvalue weighted by molar-refractivity contribution is 6.34. The molecule has 0 saturated carbocycles. The molecule has 140 valence electrons. The normalized spacial score (nSPS) is 12.9. The summed E-state index contributed by atoms with van der Waals surface area (Å²) in [6.07, 6.45) is 6.21. The number of hydrogen-bond donors (Lipinski definition) is 2. The molecule has 3 aromatic heterocycles. The van der Waals surface area contributed by atoms with E-state index in [1.54, 1.807) is 18.5 Å². The van der Waals surface area contributed by atoms with Crippen LogP contribution in [0.15, 0.2) is 48.6 Å². The molecule has 0 spiro atoms. The van der Waals surface area contributed by atoms with Crippen molar-refractivity contribution >= 4 is 44.9 Å². The first-order chi connectivity index (χ1) is 13.5. The van der Waals surface area contributed by atoms with E-state index >= 15 is 0 Å². The van der Waals surface area contributed by atoms with Gasteiger partial charge in [-0.1, -0.05) is 23.7 Å². The van der Waals surface area contributed by atoms with E-state index < -0.39 is 0 Å². The number of H-pyrrole nitrogens is 1. The van der Waals surface area contributed by atoms with E-state index in [1.165, 1.54) is 13.0 Å². The first-order valence-electron chi connectivity index (χ1n) is 8.51. The lowest BCUT2D eigenvalue weighted by Crippen LogP contribution is -2.02. The second-order valence-corrected chi connectivity index (χ2v) is 6.72. The number of hydrogen-bond acceptors (Lipinski definition) is 5. The minimum Gasteiger partial charge on any atom is -0.382 e. The van der Waals surface area contributed by atoms with Crippen LogP contribution in [-0.4, -0.2) is 25.1 Å². The Morgan fingerprint density at radius 1 is 1.14 bits per heavy atom. The number of aromatic amines is 1. The van der Waals surface area contributed by atoms with Gasteiger partial charge in [0.1, 0.15) is 16.2 Å². The average Bonchev–Trinajstić information content (AvgIpc) is 3.06. The molecule has 1 aromatic carbocycles. The van der Waals surface area contributed by atoms with Gasteiger partial charge in [0, 0.05) is 23.3 Å². The number of halogens is 2. The first-order valence-corrected chi connectivity index (χ1v) is 8.88. The van der Waals surface area contributed by atoms with Gasteiger partial charge >= 0.3 is 0 Å². The van der Waals surface area contributed by atoms with Crippen molar-refractivity contribution in [2.45, 2.75) is 13.8 Å². The van der Waals surface area contributed by atoms with Crippen molar-refractivity contribution in [3.63, 3.8) is 0 Å². The molecule has 0 aliphatic carbocycles. The molecule has 0 unspecified atom stereocenters. The van der Waals surface area contributed by atoms with Gasteiger partial charge in [0.05, 0.1) is 17.0 Å². The van der Waals surface area contributed by atoms with Gasteiger partial charge in [0.2, 0.25) is 0 Å². The lowest BCUT2D eigenvalue weighted by Gasteiger charge is -2.13. The zero-order chi connectivity index (χ0) is 19.8. The van der Waals surface area contributed by atoms with E-state index in [0.29, 0.717) is 21.9 Å². The van der Waals surface area contributed by atoms with Gasteiger partial charge in [0.25, 0.3) is 0 Å². The van der Waals surface area contributed by atoms with Crippen LogP contribution in [0.2, 0.25) is 5.15 Å². The number of nitrogens with two attached hydrogens (primary N) is 1. The van der Waals surface area contributed by atoms with Crippen LogP contribution in [0, 0.1) is 0 Å². The second kappa shape index (κ2) is 7.01. The summed E-state index contributed by atoms with van der Waals surface area (Å²) < 4.78 is 13.2. The van der Waals surface area contributed by atoms with Crippen LogP contribution in [0.4, 0.5) is 10.2 Å². The van der Waals surface area contributed by atoms with E-state index in [9.17, 15) is 4.39 Å². The number of benzene rings is 1. The van der Waals surface area contributed by atoms with Crippen LogP contribution in [0.5, 0.6) is 0 Å². The quantitative estimate of drug-likeness (QED) is 0.472. The minimum absolute atomic E-state index is 0.262. The number of nitrogen functional groups attached to an aromatic ring is 1. The Morgan fingerprint density at radius 3 is 2.64 bits per heavy atom. The molecule has 0 fully saturated rings. The summed E-state index contributed by atoms with van der Waals surface area (Å²) in [6.45, 7) is 3.23.